The number of nitrogens with one attached hydrogen (secondary N) is 1. The minimum atomic E-state index is -0.378. The Hall–Kier alpha value is -3.13. The highest BCUT2D eigenvalue weighted by Gasteiger charge is 2.35. The van der Waals surface area contributed by atoms with Gasteiger partial charge in [-0.1, -0.05) is 12.1 Å². The number of hydrogen-bond acceptors (Lipinski definition) is 6. The van der Waals surface area contributed by atoms with Gasteiger partial charge in [-0.2, -0.15) is 0 Å². The minimum Gasteiger partial charge on any atom is -0.497 e. The molecule has 0 radical (unpaired) electrons. The Labute approximate surface area is 188 Å². The number of ether oxygens (including phenoxy) is 2. The molecule has 170 valence electrons. The van der Waals surface area contributed by atoms with Crippen LogP contribution in [-0.2, 0) is 20.9 Å². The molecule has 2 aliphatic rings. The van der Waals surface area contributed by atoms with E-state index in [9.17, 15) is 9.59 Å². The van der Waals surface area contributed by atoms with Gasteiger partial charge in [-0.05, 0) is 37.6 Å². The van der Waals surface area contributed by atoms with Crippen molar-refractivity contribution in [3.63, 3.8) is 0 Å². The zero-order valence-electron chi connectivity index (χ0n) is 18.8. The van der Waals surface area contributed by atoms with E-state index in [2.05, 4.69) is 29.0 Å². The van der Waals surface area contributed by atoms with Crippen molar-refractivity contribution in [1.29, 1.82) is 0 Å². The molecule has 32 heavy (non-hydrogen) atoms. The Morgan fingerprint density at radius 2 is 1.97 bits per heavy atom. The van der Waals surface area contributed by atoms with Crippen molar-refractivity contribution in [3.8, 4) is 5.75 Å². The molecule has 1 aromatic carbocycles. The van der Waals surface area contributed by atoms with E-state index in [0.717, 1.165) is 30.2 Å². The predicted molar refractivity (Wildman–Crippen MR) is 122 cm³/mol. The molecule has 1 aromatic heterocycles. The molecule has 0 bridgehead atoms. The average Bonchev–Trinajstić information content (AvgIpc) is 3.19. The third-order valence-corrected chi connectivity index (χ3v) is 5.88. The van der Waals surface area contributed by atoms with Crippen LogP contribution in [0.15, 0.2) is 42.6 Å². The van der Waals surface area contributed by atoms with E-state index in [1.807, 2.05) is 30.3 Å². The molecule has 2 fully saturated rings. The molecule has 2 saturated heterocycles. The summed E-state index contributed by atoms with van der Waals surface area (Å²) in [5.41, 5.74) is 1.67. The van der Waals surface area contributed by atoms with Crippen molar-refractivity contribution in [1.82, 2.24) is 10.3 Å². The van der Waals surface area contributed by atoms with E-state index in [0.29, 0.717) is 18.8 Å². The van der Waals surface area contributed by atoms with Crippen LogP contribution in [-0.4, -0.2) is 55.8 Å². The fourth-order valence-electron chi connectivity index (χ4n) is 4.32. The highest BCUT2D eigenvalue weighted by atomic mass is 16.5. The lowest BCUT2D eigenvalue weighted by atomic mass is 10.1. The first kappa shape index (κ1) is 22.1. The summed E-state index contributed by atoms with van der Waals surface area (Å²) in [4.78, 5) is 33.6. The number of aromatic nitrogens is 1. The maximum Gasteiger partial charge on any atom is 0.227 e. The van der Waals surface area contributed by atoms with Crippen LogP contribution in [0, 0.1) is 5.92 Å². The maximum atomic E-state index is 12.7. The van der Waals surface area contributed by atoms with E-state index in [-0.39, 0.29) is 36.4 Å². The summed E-state index contributed by atoms with van der Waals surface area (Å²) in [5.74, 6) is 1.04. The molecule has 3 unspecified atom stereocenters. The number of methoxy groups -OCH3 is 1. The number of carbonyl (C=O) groups excluding carboxylic acids is 2. The third-order valence-electron chi connectivity index (χ3n) is 5.88. The molecule has 3 heterocycles. The number of hydrogen-bond donors (Lipinski definition) is 1. The van der Waals surface area contributed by atoms with Crippen molar-refractivity contribution in [2.75, 3.05) is 36.5 Å². The number of rotatable bonds is 6. The van der Waals surface area contributed by atoms with Gasteiger partial charge in [0, 0.05) is 50.6 Å². The van der Waals surface area contributed by atoms with Gasteiger partial charge in [0.1, 0.15) is 11.6 Å². The van der Waals surface area contributed by atoms with E-state index < -0.39 is 0 Å². The molecule has 2 aromatic rings. The number of carbonyl (C=O) groups is 2. The van der Waals surface area contributed by atoms with E-state index >= 15 is 0 Å². The summed E-state index contributed by atoms with van der Waals surface area (Å²) in [6, 6.07) is 11.3. The summed E-state index contributed by atoms with van der Waals surface area (Å²) in [6.07, 6.45) is 2.34. The second-order valence-corrected chi connectivity index (χ2v) is 8.51. The first-order valence-corrected chi connectivity index (χ1v) is 11.0. The minimum absolute atomic E-state index is 0.0570. The Morgan fingerprint density at radius 1 is 1.19 bits per heavy atom. The topological polar surface area (TPSA) is 84.0 Å². The van der Waals surface area contributed by atoms with Gasteiger partial charge in [0.05, 0.1) is 25.2 Å². The summed E-state index contributed by atoms with van der Waals surface area (Å²) in [6.45, 7) is 6.50. The second kappa shape index (κ2) is 9.56. The van der Waals surface area contributed by atoms with Gasteiger partial charge in [0.2, 0.25) is 11.8 Å². The van der Waals surface area contributed by atoms with Crippen molar-refractivity contribution in [2.24, 2.45) is 5.92 Å². The maximum absolute atomic E-state index is 12.7. The Kier molecular flexibility index (Phi) is 6.60. The number of morpholine rings is 1. The SMILES string of the molecule is COc1cccc(N2CC(C(=O)NCc3ccc(N4CC(C)OC(C)C4)nc3)CC2=O)c1. The van der Waals surface area contributed by atoms with Gasteiger partial charge in [-0.3, -0.25) is 9.59 Å². The highest BCUT2D eigenvalue weighted by Crippen LogP contribution is 2.28. The van der Waals surface area contributed by atoms with E-state index in [1.165, 1.54) is 0 Å². The van der Waals surface area contributed by atoms with Crippen LogP contribution in [0.25, 0.3) is 0 Å². The third kappa shape index (κ3) is 5.02. The molecule has 3 atom stereocenters. The fraction of sp³-hybridized carbons (Fsp3) is 0.458. The largest absolute Gasteiger partial charge is 0.497 e. The number of pyridine rings is 1. The lowest BCUT2D eigenvalue weighted by Crippen LogP contribution is -2.45. The van der Waals surface area contributed by atoms with Crippen molar-refractivity contribution >= 4 is 23.3 Å². The van der Waals surface area contributed by atoms with Crippen molar-refractivity contribution in [2.45, 2.75) is 39.0 Å². The molecule has 2 amide bonds. The fourth-order valence-corrected chi connectivity index (χ4v) is 4.32. The number of benzene rings is 1. The van der Waals surface area contributed by atoms with Crippen LogP contribution in [0.5, 0.6) is 5.75 Å². The molecular formula is C24H30N4O4. The van der Waals surface area contributed by atoms with E-state index in [4.69, 9.17) is 9.47 Å². The lowest BCUT2D eigenvalue weighted by molar-refractivity contribution is -0.126. The lowest BCUT2D eigenvalue weighted by Gasteiger charge is -2.36. The molecule has 4 rings (SSSR count). The van der Waals surface area contributed by atoms with Gasteiger partial charge in [-0.25, -0.2) is 4.98 Å². The summed E-state index contributed by atoms with van der Waals surface area (Å²) in [7, 11) is 1.59. The Balaban J connectivity index is 1.31. The van der Waals surface area contributed by atoms with Crippen LogP contribution >= 0.6 is 0 Å². The van der Waals surface area contributed by atoms with Gasteiger partial charge < -0.3 is 24.6 Å². The molecule has 1 N–H and O–H groups in total. The zero-order valence-corrected chi connectivity index (χ0v) is 18.8. The normalized spacial score (nSPS) is 23.3. The van der Waals surface area contributed by atoms with E-state index in [1.54, 1.807) is 24.3 Å². The van der Waals surface area contributed by atoms with Gasteiger partial charge >= 0.3 is 0 Å². The molecule has 0 aliphatic carbocycles. The molecule has 0 spiro atoms. The van der Waals surface area contributed by atoms with Crippen LogP contribution in [0.2, 0.25) is 0 Å². The highest BCUT2D eigenvalue weighted by molar-refractivity contribution is 6.00. The van der Waals surface area contributed by atoms with Crippen LogP contribution in [0.3, 0.4) is 0 Å². The second-order valence-electron chi connectivity index (χ2n) is 8.51. The standard InChI is InChI=1S/C24H30N4O4/c1-16-13-27(14-17(2)32-16)22-8-7-18(11-25-22)12-26-24(30)19-9-23(29)28(15-19)20-5-4-6-21(10-20)31-3/h4-8,10-11,16-17,19H,9,12-15H2,1-3H3,(H,26,30). The molecule has 2 aliphatic heterocycles. The van der Waals surface area contributed by atoms with Crippen molar-refractivity contribution in [3.05, 3.63) is 48.2 Å². The van der Waals surface area contributed by atoms with Gasteiger partial charge in [0.25, 0.3) is 0 Å². The molecule has 8 heteroatoms. The monoisotopic (exact) mass is 438 g/mol. The smallest absolute Gasteiger partial charge is 0.227 e. The quantitative estimate of drug-likeness (QED) is 0.746. The number of amides is 2. The number of anilines is 2. The van der Waals surface area contributed by atoms with Crippen LogP contribution < -0.4 is 19.9 Å². The molecular weight excluding hydrogens is 408 g/mol. The predicted octanol–water partition coefficient (Wildman–Crippen LogP) is 2.37. The van der Waals surface area contributed by atoms with Crippen LogP contribution in [0.1, 0.15) is 25.8 Å². The molecule has 0 saturated carbocycles. The van der Waals surface area contributed by atoms with Gasteiger partial charge in [0.15, 0.2) is 0 Å². The zero-order chi connectivity index (χ0) is 22.7. The summed E-state index contributed by atoms with van der Waals surface area (Å²) in [5, 5.41) is 2.95. The van der Waals surface area contributed by atoms with Gasteiger partial charge in [-0.15, -0.1) is 0 Å². The summed E-state index contributed by atoms with van der Waals surface area (Å²) >= 11 is 0. The van der Waals surface area contributed by atoms with Crippen LogP contribution in [0.4, 0.5) is 11.5 Å². The summed E-state index contributed by atoms with van der Waals surface area (Å²) < 4.78 is 11.0. The van der Waals surface area contributed by atoms with Crippen molar-refractivity contribution < 1.29 is 19.1 Å². The first-order valence-electron chi connectivity index (χ1n) is 11.0. The first-order chi connectivity index (χ1) is 15.4. The Morgan fingerprint density at radius 3 is 2.66 bits per heavy atom. The Bertz CT molecular complexity index is 955. The number of nitrogens with zero attached hydrogens (tertiary/aromatic N) is 3. The average molecular weight is 439 g/mol. The molecule has 8 nitrogen and oxygen atoms in total.